The first kappa shape index (κ1) is 16.6. The molecule has 124 valence electrons. The quantitative estimate of drug-likeness (QED) is 0.355. The van der Waals surface area contributed by atoms with E-state index in [1.165, 1.54) is 18.2 Å². The van der Waals surface area contributed by atoms with E-state index in [1.807, 2.05) is 0 Å². The maximum Gasteiger partial charge on any atom is 0.363 e. The summed E-state index contributed by atoms with van der Waals surface area (Å²) in [7, 11) is 0. The average molecular weight is 355 g/mol. The van der Waals surface area contributed by atoms with E-state index in [-0.39, 0.29) is 22.8 Å². The van der Waals surface area contributed by atoms with Crippen molar-refractivity contribution in [1.29, 1.82) is 0 Å². The molecule has 1 aliphatic rings. The predicted molar refractivity (Wildman–Crippen MR) is 95.1 cm³/mol. The summed E-state index contributed by atoms with van der Waals surface area (Å²) < 4.78 is 5.05. The third kappa shape index (κ3) is 3.99. The predicted octanol–water partition coefficient (Wildman–Crippen LogP) is 4.26. The highest BCUT2D eigenvalue weighted by Crippen LogP contribution is 2.23. The standard InChI is InChI=1S/C18H11ClN2O4/c19-14-8-5-12(6-9-14)7-10-17-20-15(18(22)25-17)11-13-3-1-2-4-16(13)21(23)24/h1-11H/b10-7+,15-11+. The molecule has 0 radical (unpaired) electrons. The van der Waals surface area contributed by atoms with Gasteiger partial charge in [-0.1, -0.05) is 35.9 Å². The number of esters is 1. The van der Waals surface area contributed by atoms with E-state index in [2.05, 4.69) is 4.99 Å². The largest absolute Gasteiger partial charge is 0.403 e. The lowest BCUT2D eigenvalue weighted by Crippen LogP contribution is -2.01. The highest BCUT2D eigenvalue weighted by molar-refractivity contribution is 6.30. The van der Waals surface area contributed by atoms with Crippen LogP contribution in [-0.4, -0.2) is 16.8 Å². The molecule has 0 fully saturated rings. The Balaban J connectivity index is 1.85. The summed E-state index contributed by atoms with van der Waals surface area (Å²) in [6, 6.07) is 13.2. The Morgan fingerprint density at radius 2 is 1.80 bits per heavy atom. The molecule has 0 bridgehead atoms. The molecule has 3 rings (SSSR count). The van der Waals surface area contributed by atoms with Crippen LogP contribution in [-0.2, 0) is 9.53 Å². The number of ether oxygens (including phenoxy) is 1. The third-order valence-electron chi connectivity index (χ3n) is 3.35. The second-order valence-corrected chi connectivity index (χ2v) is 5.51. The van der Waals surface area contributed by atoms with Crippen LogP contribution in [0.15, 0.2) is 65.3 Å². The second-order valence-electron chi connectivity index (χ2n) is 5.07. The van der Waals surface area contributed by atoms with Crippen LogP contribution < -0.4 is 0 Å². The highest BCUT2D eigenvalue weighted by Gasteiger charge is 2.22. The normalized spacial score (nSPS) is 15.5. The van der Waals surface area contributed by atoms with E-state index in [0.29, 0.717) is 5.02 Å². The lowest BCUT2D eigenvalue weighted by atomic mass is 10.1. The van der Waals surface area contributed by atoms with Gasteiger partial charge in [-0.25, -0.2) is 9.79 Å². The number of carbonyl (C=O) groups excluding carboxylic acids is 1. The summed E-state index contributed by atoms with van der Waals surface area (Å²) in [5.74, 6) is -0.543. The molecule has 0 spiro atoms. The van der Waals surface area contributed by atoms with Gasteiger partial charge < -0.3 is 4.74 Å². The number of nitro groups is 1. The Kier molecular flexibility index (Phi) is 4.72. The molecule has 0 saturated heterocycles. The zero-order valence-corrected chi connectivity index (χ0v) is 13.5. The SMILES string of the molecule is O=C1OC(/C=C/c2ccc(Cl)cc2)=NC/1=C/c1ccccc1[N+](=O)[O-]. The van der Waals surface area contributed by atoms with Gasteiger partial charge in [-0.3, -0.25) is 10.1 Å². The van der Waals surface area contributed by atoms with E-state index in [0.717, 1.165) is 5.56 Å². The Labute approximate surface area is 147 Å². The van der Waals surface area contributed by atoms with Gasteiger partial charge >= 0.3 is 5.97 Å². The first-order valence-electron chi connectivity index (χ1n) is 7.22. The van der Waals surface area contributed by atoms with Gasteiger partial charge in [-0.05, 0) is 35.9 Å². The fourth-order valence-corrected chi connectivity index (χ4v) is 2.29. The number of hydrogen-bond donors (Lipinski definition) is 0. The van der Waals surface area contributed by atoms with Crippen molar-refractivity contribution in [2.75, 3.05) is 0 Å². The molecule has 0 N–H and O–H groups in total. The number of rotatable bonds is 4. The number of benzene rings is 2. The van der Waals surface area contributed by atoms with Crippen molar-refractivity contribution in [2.45, 2.75) is 0 Å². The molecule has 25 heavy (non-hydrogen) atoms. The number of nitro benzene ring substituents is 1. The molecule has 0 aliphatic carbocycles. The van der Waals surface area contributed by atoms with Gasteiger partial charge in [-0.2, -0.15) is 0 Å². The van der Waals surface area contributed by atoms with Gasteiger partial charge in [0, 0.05) is 17.2 Å². The number of cyclic esters (lactones) is 1. The monoisotopic (exact) mass is 354 g/mol. The van der Waals surface area contributed by atoms with Gasteiger partial charge in [0.2, 0.25) is 5.90 Å². The van der Waals surface area contributed by atoms with Crippen LogP contribution in [0, 0.1) is 10.1 Å². The van der Waals surface area contributed by atoms with Crippen LogP contribution in [0.4, 0.5) is 5.69 Å². The maximum atomic E-state index is 11.9. The maximum absolute atomic E-state index is 11.9. The van der Waals surface area contributed by atoms with E-state index < -0.39 is 10.9 Å². The smallest absolute Gasteiger partial charge is 0.363 e. The molecule has 1 heterocycles. The van der Waals surface area contributed by atoms with Gasteiger partial charge in [-0.15, -0.1) is 0 Å². The molecule has 2 aromatic rings. The molecule has 0 saturated carbocycles. The summed E-state index contributed by atoms with van der Waals surface area (Å²) >= 11 is 5.82. The fraction of sp³-hybridized carbons (Fsp3) is 0. The van der Waals surface area contributed by atoms with Gasteiger partial charge in [0.15, 0.2) is 5.70 Å². The minimum Gasteiger partial charge on any atom is -0.403 e. The van der Waals surface area contributed by atoms with Gasteiger partial charge in [0.25, 0.3) is 5.69 Å². The van der Waals surface area contributed by atoms with Crippen LogP contribution in [0.2, 0.25) is 5.02 Å². The zero-order chi connectivity index (χ0) is 17.8. The van der Waals surface area contributed by atoms with Crippen molar-refractivity contribution in [3.63, 3.8) is 0 Å². The van der Waals surface area contributed by atoms with Gasteiger partial charge in [0.05, 0.1) is 10.5 Å². The Morgan fingerprint density at radius 1 is 1.08 bits per heavy atom. The van der Waals surface area contributed by atoms with Crippen molar-refractivity contribution in [3.8, 4) is 0 Å². The number of halogens is 1. The lowest BCUT2D eigenvalue weighted by Gasteiger charge is -1.96. The Morgan fingerprint density at radius 3 is 2.52 bits per heavy atom. The highest BCUT2D eigenvalue weighted by atomic mass is 35.5. The summed E-state index contributed by atoms with van der Waals surface area (Å²) in [5.41, 5.74) is 1.04. The lowest BCUT2D eigenvalue weighted by molar-refractivity contribution is -0.385. The summed E-state index contributed by atoms with van der Waals surface area (Å²) in [5, 5.41) is 11.7. The summed E-state index contributed by atoms with van der Waals surface area (Å²) in [6.45, 7) is 0. The van der Waals surface area contributed by atoms with Crippen LogP contribution in [0.1, 0.15) is 11.1 Å². The van der Waals surface area contributed by atoms with Gasteiger partial charge in [0.1, 0.15) is 0 Å². The van der Waals surface area contributed by atoms with E-state index >= 15 is 0 Å². The first-order chi connectivity index (χ1) is 12.0. The summed E-state index contributed by atoms with van der Waals surface area (Å²) in [4.78, 5) is 26.5. The fourth-order valence-electron chi connectivity index (χ4n) is 2.16. The number of hydrogen-bond acceptors (Lipinski definition) is 5. The van der Waals surface area contributed by atoms with Crippen LogP contribution in [0.5, 0.6) is 0 Å². The molecule has 0 unspecified atom stereocenters. The minimum absolute atomic E-state index is 0.00468. The molecule has 0 aromatic heterocycles. The van der Waals surface area contributed by atoms with Crippen molar-refractivity contribution in [2.24, 2.45) is 4.99 Å². The second kappa shape index (κ2) is 7.11. The zero-order valence-electron chi connectivity index (χ0n) is 12.8. The molecule has 1 aliphatic heterocycles. The van der Waals surface area contributed by atoms with Crippen molar-refractivity contribution >= 4 is 41.3 Å². The van der Waals surface area contributed by atoms with Crippen molar-refractivity contribution < 1.29 is 14.5 Å². The van der Waals surface area contributed by atoms with Crippen molar-refractivity contribution in [3.05, 3.63) is 86.6 Å². The van der Waals surface area contributed by atoms with Crippen molar-refractivity contribution in [1.82, 2.24) is 0 Å². The number of nitrogens with zero attached hydrogens (tertiary/aromatic N) is 2. The number of carbonyl (C=O) groups is 1. The molecular weight excluding hydrogens is 344 g/mol. The van der Waals surface area contributed by atoms with Crippen LogP contribution in [0.25, 0.3) is 12.2 Å². The number of aliphatic imine (C=N–C) groups is 1. The Hall–Kier alpha value is -3.25. The van der Waals surface area contributed by atoms with Crippen LogP contribution >= 0.6 is 11.6 Å². The molecule has 6 nitrogen and oxygen atoms in total. The minimum atomic E-state index is -0.658. The molecule has 0 amide bonds. The average Bonchev–Trinajstić information content (AvgIpc) is 2.94. The third-order valence-corrected chi connectivity index (χ3v) is 3.60. The van der Waals surface area contributed by atoms with E-state index in [1.54, 1.807) is 48.6 Å². The van der Waals surface area contributed by atoms with E-state index in [4.69, 9.17) is 16.3 Å². The summed E-state index contributed by atoms with van der Waals surface area (Å²) in [6.07, 6.45) is 4.60. The topological polar surface area (TPSA) is 81.8 Å². The molecular formula is C18H11ClN2O4. The van der Waals surface area contributed by atoms with E-state index in [9.17, 15) is 14.9 Å². The van der Waals surface area contributed by atoms with Crippen LogP contribution in [0.3, 0.4) is 0 Å². The first-order valence-corrected chi connectivity index (χ1v) is 7.60. The molecule has 2 aromatic carbocycles. The molecule has 0 atom stereocenters. The Bertz CT molecular complexity index is 930. The number of para-hydroxylation sites is 1. The molecule has 7 heteroatoms.